The van der Waals surface area contributed by atoms with E-state index >= 15 is 0 Å². The molecule has 0 saturated carbocycles. The molecular weight excluding hydrogens is 270 g/mol. The molecule has 1 aliphatic carbocycles. The van der Waals surface area contributed by atoms with Gasteiger partial charge in [-0.3, -0.25) is 0 Å². The van der Waals surface area contributed by atoms with E-state index in [1.165, 1.54) is 12.2 Å². The molecule has 1 aliphatic rings. The summed E-state index contributed by atoms with van der Waals surface area (Å²) in [4.78, 5) is 22.6. The maximum atomic E-state index is 11.5. The number of carboxylic acid groups (broad SMARTS) is 1. The fourth-order valence-corrected chi connectivity index (χ4v) is 1.69. The summed E-state index contributed by atoms with van der Waals surface area (Å²) in [5.74, 6) is -1.14. The van der Waals surface area contributed by atoms with Crippen molar-refractivity contribution in [2.24, 2.45) is 0 Å². The average molecular weight is 286 g/mol. The molecule has 0 fully saturated rings. The third-order valence-electron chi connectivity index (χ3n) is 2.62. The van der Waals surface area contributed by atoms with Crippen molar-refractivity contribution in [2.45, 2.75) is 25.8 Å². The smallest absolute Gasteiger partial charge is 0.407 e. The number of hydrogen-bond acceptors (Lipinski definition) is 3. The van der Waals surface area contributed by atoms with Crippen LogP contribution in [0.5, 0.6) is 0 Å². The summed E-state index contributed by atoms with van der Waals surface area (Å²) in [6.07, 6.45) is 3.75. The first-order valence-electron chi connectivity index (χ1n) is 5.90. The van der Waals surface area contributed by atoms with Gasteiger partial charge in [0.25, 0.3) is 0 Å². The number of hydrogen-bond donors (Lipinski definition) is 2. The lowest BCUT2D eigenvalue weighted by Crippen LogP contribution is -2.41. The van der Waals surface area contributed by atoms with Crippen LogP contribution in [-0.4, -0.2) is 29.8 Å². The van der Waals surface area contributed by atoms with E-state index < -0.39 is 18.1 Å². The predicted molar refractivity (Wildman–Crippen MR) is 72.0 cm³/mol. The van der Waals surface area contributed by atoms with Gasteiger partial charge in [0, 0.05) is 5.03 Å². The van der Waals surface area contributed by atoms with Gasteiger partial charge in [-0.05, 0) is 24.1 Å². The summed E-state index contributed by atoms with van der Waals surface area (Å²) in [7, 11) is 0. The van der Waals surface area contributed by atoms with Gasteiger partial charge in [0.15, 0.2) is 0 Å². The zero-order chi connectivity index (χ0) is 14.4. The minimum Gasteiger partial charge on any atom is -0.478 e. The molecule has 0 radical (unpaired) electrons. The molecule has 0 aliphatic heterocycles. The highest BCUT2D eigenvalue weighted by Gasteiger charge is 2.29. The third-order valence-corrected chi connectivity index (χ3v) is 2.98. The van der Waals surface area contributed by atoms with Crippen molar-refractivity contribution in [2.75, 3.05) is 6.61 Å². The van der Waals surface area contributed by atoms with E-state index in [2.05, 4.69) is 11.9 Å². The average Bonchev–Trinajstić information content (AvgIpc) is 2.35. The molecule has 0 saturated heterocycles. The minimum absolute atomic E-state index is 0.00171. The third kappa shape index (κ3) is 4.13. The van der Waals surface area contributed by atoms with Crippen LogP contribution in [0.3, 0.4) is 0 Å². The molecule has 0 aromatic carbocycles. The Bertz CT molecular complexity index is 454. The van der Waals surface area contributed by atoms with Crippen molar-refractivity contribution < 1.29 is 19.4 Å². The number of unbranched alkanes of at least 4 members (excludes halogenated alkanes) is 1. The Morgan fingerprint density at radius 1 is 1.53 bits per heavy atom. The lowest BCUT2D eigenvalue weighted by atomic mass is 9.95. The molecule has 0 aromatic heterocycles. The zero-order valence-corrected chi connectivity index (χ0v) is 11.4. The first-order chi connectivity index (χ1) is 8.97. The molecule has 5 nitrogen and oxygen atoms in total. The molecule has 1 amide bonds. The fraction of sp³-hybridized carbons (Fsp3) is 0.385. The lowest BCUT2D eigenvalue weighted by molar-refractivity contribution is -0.132. The Balaban J connectivity index is 2.71. The molecule has 0 bridgehead atoms. The van der Waals surface area contributed by atoms with Crippen LogP contribution in [-0.2, 0) is 9.53 Å². The lowest BCUT2D eigenvalue weighted by Gasteiger charge is -2.23. The van der Waals surface area contributed by atoms with Crippen LogP contribution < -0.4 is 5.32 Å². The number of rotatable bonds is 5. The van der Waals surface area contributed by atoms with Gasteiger partial charge in [0.1, 0.15) is 0 Å². The van der Waals surface area contributed by atoms with Crippen molar-refractivity contribution in [1.29, 1.82) is 0 Å². The Kier molecular flexibility index (Phi) is 5.63. The molecule has 1 atom stereocenters. The number of carbonyl (C=O) groups is 2. The summed E-state index contributed by atoms with van der Waals surface area (Å²) < 4.78 is 4.92. The second kappa shape index (κ2) is 6.99. The fourth-order valence-electron chi connectivity index (χ4n) is 1.52. The molecule has 1 rings (SSSR count). The number of alkyl carbamates (subject to hydrolysis) is 1. The maximum absolute atomic E-state index is 11.5. The minimum atomic E-state index is -1.14. The van der Waals surface area contributed by atoms with Gasteiger partial charge < -0.3 is 15.2 Å². The summed E-state index contributed by atoms with van der Waals surface area (Å²) >= 11 is 5.87. The first-order valence-corrected chi connectivity index (χ1v) is 6.28. The summed E-state index contributed by atoms with van der Waals surface area (Å²) in [5.41, 5.74) is 0.329. The summed E-state index contributed by atoms with van der Waals surface area (Å²) in [6.45, 7) is 5.95. The molecule has 1 unspecified atom stereocenters. The largest absolute Gasteiger partial charge is 0.478 e. The van der Waals surface area contributed by atoms with Crippen LogP contribution in [0.25, 0.3) is 0 Å². The molecule has 19 heavy (non-hydrogen) atoms. The van der Waals surface area contributed by atoms with E-state index in [4.69, 9.17) is 21.4 Å². The second-order valence-corrected chi connectivity index (χ2v) is 4.44. The molecule has 0 spiro atoms. The highest BCUT2D eigenvalue weighted by Crippen LogP contribution is 2.26. The van der Waals surface area contributed by atoms with Crippen molar-refractivity contribution in [3.8, 4) is 0 Å². The van der Waals surface area contributed by atoms with Gasteiger partial charge in [-0.2, -0.15) is 0 Å². The number of ether oxygens (including phenoxy) is 1. The quantitative estimate of drug-likeness (QED) is 0.761. The normalized spacial score (nSPS) is 18.4. The van der Waals surface area contributed by atoms with Crippen LogP contribution in [0, 0.1) is 0 Å². The van der Waals surface area contributed by atoms with Gasteiger partial charge in [0.05, 0.1) is 18.2 Å². The number of carboxylic acids is 1. The molecule has 0 aromatic rings. The van der Waals surface area contributed by atoms with Gasteiger partial charge in [-0.15, -0.1) is 0 Å². The Hall–Kier alpha value is -1.75. The van der Waals surface area contributed by atoms with Crippen molar-refractivity contribution in [3.63, 3.8) is 0 Å². The number of halogens is 1. The Morgan fingerprint density at radius 2 is 2.21 bits per heavy atom. The van der Waals surface area contributed by atoms with Crippen LogP contribution >= 0.6 is 11.6 Å². The topological polar surface area (TPSA) is 75.6 Å². The van der Waals surface area contributed by atoms with Crippen molar-refractivity contribution >= 4 is 23.7 Å². The van der Waals surface area contributed by atoms with Gasteiger partial charge in [0.2, 0.25) is 0 Å². The highest BCUT2D eigenvalue weighted by atomic mass is 35.5. The number of carbonyl (C=O) groups excluding carboxylic acids is 1. The first kappa shape index (κ1) is 15.3. The van der Waals surface area contributed by atoms with Crippen LogP contribution in [0.2, 0.25) is 0 Å². The molecule has 2 N–H and O–H groups in total. The Labute approximate surface area is 116 Å². The van der Waals surface area contributed by atoms with E-state index in [1.54, 1.807) is 0 Å². The zero-order valence-electron chi connectivity index (χ0n) is 10.6. The number of allylic oxidation sites excluding steroid dienone is 2. The van der Waals surface area contributed by atoms with E-state index in [-0.39, 0.29) is 12.2 Å². The molecule has 6 heteroatoms. The molecular formula is C13H16ClNO4. The van der Waals surface area contributed by atoms with Gasteiger partial charge >= 0.3 is 12.1 Å². The molecule has 0 heterocycles. The monoisotopic (exact) mass is 285 g/mol. The standard InChI is InChI=1S/C13H16ClNO4/c1-3-4-7-19-13(18)15-11-8(2)10(14)6-5-9(11)12(16)17/h5-6,11H,2-4,7H2,1H3,(H,15,18)(H,16,17). The maximum Gasteiger partial charge on any atom is 0.407 e. The van der Waals surface area contributed by atoms with Crippen LogP contribution in [0.15, 0.2) is 34.9 Å². The van der Waals surface area contributed by atoms with Crippen molar-refractivity contribution in [1.82, 2.24) is 5.32 Å². The Morgan fingerprint density at radius 3 is 2.79 bits per heavy atom. The second-order valence-electron chi connectivity index (χ2n) is 4.03. The van der Waals surface area contributed by atoms with Gasteiger partial charge in [-0.1, -0.05) is 31.5 Å². The van der Waals surface area contributed by atoms with E-state index in [9.17, 15) is 9.59 Å². The number of amides is 1. The van der Waals surface area contributed by atoms with E-state index in [0.29, 0.717) is 10.6 Å². The summed E-state index contributed by atoms with van der Waals surface area (Å²) in [6, 6.07) is -0.871. The molecule has 104 valence electrons. The van der Waals surface area contributed by atoms with Crippen molar-refractivity contribution in [3.05, 3.63) is 34.9 Å². The number of nitrogens with one attached hydrogen (secondary N) is 1. The summed E-state index contributed by atoms with van der Waals surface area (Å²) in [5, 5.41) is 11.8. The number of aliphatic carboxylic acids is 1. The van der Waals surface area contributed by atoms with Crippen LogP contribution in [0.4, 0.5) is 4.79 Å². The van der Waals surface area contributed by atoms with E-state index in [1.807, 2.05) is 6.92 Å². The van der Waals surface area contributed by atoms with Crippen LogP contribution in [0.1, 0.15) is 19.8 Å². The SMILES string of the molecule is C=C1C(Cl)=CC=C(C(=O)O)C1NC(=O)OCCCC. The van der Waals surface area contributed by atoms with E-state index in [0.717, 1.165) is 12.8 Å². The van der Waals surface area contributed by atoms with Gasteiger partial charge in [-0.25, -0.2) is 9.59 Å². The highest BCUT2D eigenvalue weighted by molar-refractivity contribution is 6.32. The predicted octanol–water partition coefficient (Wildman–Crippen LogP) is 2.58.